The quantitative estimate of drug-likeness (QED) is 0.644. The molecule has 0 bridgehead atoms. The molecule has 0 radical (unpaired) electrons. The molecule has 0 aliphatic carbocycles. The summed E-state index contributed by atoms with van der Waals surface area (Å²) in [7, 11) is 0. The maximum absolute atomic E-state index is 13.4. The third-order valence-electron chi connectivity index (χ3n) is 3.84. The van der Waals surface area contributed by atoms with E-state index in [1.807, 2.05) is 6.92 Å². The normalized spacial score (nSPS) is 10.4. The number of aryl methyl sites for hydroxylation is 1. The molecule has 0 saturated carbocycles. The van der Waals surface area contributed by atoms with Gasteiger partial charge in [-0.25, -0.2) is 4.39 Å². The van der Waals surface area contributed by atoms with Crippen molar-refractivity contribution in [2.45, 2.75) is 13.5 Å². The zero-order chi connectivity index (χ0) is 19.4. The lowest BCUT2D eigenvalue weighted by molar-refractivity contribution is 0.102. The highest BCUT2D eigenvalue weighted by Crippen LogP contribution is 2.25. The smallest absolute Gasteiger partial charge is 0.259 e. The van der Waals surface area contributed by atoms with Crippen molar-refractivity contribution in [3.05, 3.63) is 87.6 Å². The van der Waals surface area contributed by atoms with Crippen molar-refractivity contribution < 1.29 is 19.0 Å². The molecule has 7 heteroatoms. The molecule has 0 fully saturated rings. The molecule has 1 heterocycles. The van der Waals surface area contributed by atoms with Crippen molar-refractivity contribution in [1.82, 2.24) is 4.98 Å². The second-order valence-electron chi connectivity index (χ2n) is 5.96. The Morgan fingerprint density at radius 3 is 2.78 bits per heavy atom. The first-order valence-electron chi connectivity index (χ1n) is 8.13. The molecular formula is C20H17FN2O4. The summed E-state index contributed by atoms with van der Waals surface area (Å²) in [5.74, 6) is -0.776. The number of halogens is 1. The Morgan fingerprint density at radius 1 is 1.19 bits per heavy atom. The summed E-state index contributed by atoms with van der Waals surface area (Å²) in [5, 5.41) is 12.4. The fourth-order valence-electron chi connectivity index (χ4n) is 2.48. The van der Waals surface area contributed by atoms with Gasteiger partial charge in [-0.15, -0.1) is 0 Å². The van der Waals surface area contributed by atoms with E-state index in [-0.39, 0.29) is 34.8 Å². The average Bonchev–Trinajstić information content (AvgIpc) is 2.62. The predicted molar refractivity (Wildman–Crippen MR) is 98.6 cm³/mol. The molecule has 3 N–H and O–H groups in total. The van der Waals surface area contributed by atoms with Crippen molar-refractivity contribution in [3.8, 4) is 11.5 Å². The third-order valence-corrected chi connectivity index (χ3v) is 3.84. The van der Waals surface area contributed by atoms with Crippen LogP contribution in [0.4, 0.5) is 10.1 Å². The molecular weight excluding hydrogens is 351 g/mol. The maximum atomic E-state index is 13.4. The zero-order valence-corrected chi connectivity index (χ0v) is 14.5. The molecule has 0 aliphatic rings. The molecule has 1 aromatic heterocycles. The van der Waals surface area contributed by atoms with Crippen LogP contribution in [0.3, 0.4) is 0 Å². The van der Waals surface area contributed by atoms with Crippen molar-refractivity contribution in [1.29, 1.82) is 0 Å². The second kappa shape index (κ2) is 7.74. The third kappa shape index (κ3) is 4.52. The van der Waals surface area contributed by atoms with Crippen LogP contribution in [0.2, 0.25) is 0 Å². The molecule has 0 saturated heterocycles. The number of pyridine rings is 1. The summed E-state index contributed by atoms with van der Waals surface area (Å²) >= 11 is 0. The van der Waals surface area contributed by atoms with Crippen LogP contribution < -0.4 is 15.6 Å². The zero-order valence-electron chi connectivity index (χ0n) is 14.5. The van der Waals surface area contributed by atoms with Gasteiger partial charge in [-0.3, -0.25) is 9.59 Å². The molecule has 3 rings (SSSR count). The Balaban J connectivity index is 1.83. The first kappa shape index (κ1) is 18.2. The van der Waals surface area contributed by atoms with Gasteiger partial charge in [0.1, 0.15) is 23.9 Å². The Labute approximate surface area is 154 Å². The number of phenolic OH excluding ortho intramolecular Hbond substituents is 1. The van der Waals surface area contributed by atoms with E-state index in [0.29, 0.717) is 5.69 Å². The molecule has 0 aliphatic heterocycles. The van der Waals surface area contributed by atoms with Crippen molar-refractivity contribution in [2.75, 3.05) is 5.32 Å². The predicted octanol–water partition coefficient (Wildman–Crippen LogP) is 3.36. The van der Waals surface area contributed by atoms with Crippen LogP contribution in [0.25, 0.3) is 0 Å². The molecule has 3 aromatic rings. The van der Waals surface area contributed by atoms with Crippen LogP contribution >= 0.6 is 0 Å². The van der Waals surface area contributed by atoms with E-state index in [2.05, 4.69) is 10.3 Å². The number of aromatic hydroxyl groups is 1. The molecule has 0 atom stereocenters. The summed E-state index contributed by atoms with van der Waals surface area (Å²) in [6.45, 7) is 1.73. The fourth-order valence-corrected chi connectivity index (χ4v) is 2.48. The van der Waals surface area contributed by atoms with Crippen LogP contribution in [0.15, 0.2) is 59.5 Å². The van der Waals surface area contributed by atoms with Gasteiger partial charge >= 0.3 is 0 Å². The lowest BCUT2D eigenvalue weighted by Gasteiger charge is -2.13. The van der Waals surface area contributed by atoms with Gasteiger partial charge < -0.3 is 20.1 Å². The van der Waals surface area contributed by atoms with Crippen LogP contribution in [0.1, 0.15) is 21.5 Å². The highest BCUT2D eigenvalue weighted by Gasteiger charge is 2.14. The average molecular weight is 368 g/mol. The number of hydrogen-bond donors (Lipinski definition) is 3. The number of H-pyrrole nitrogens is 1. The van der Waals surface area contributed by atoms with E-state index >= 15 is 0 Å². The number of rotatable bonds is 5. The number of amides is 1. The number of aromatic amines is 1. The van der Waals surface area contributed by atoms with Gasteiger partial charge in [0.2, 0.25) is 5.56 Å². The number of anilines is 1. The lowest BCUT2D eigenvalue weighted by atomic mass is 10.1. The highest BCUT2D eigenvalue weighted by molar-refractivity contribution is 6.06. The SMILES string of the molecule is Cc1ccc(C(=O)Nc2cc[nH]c(=O)c2)c(OCc2cc(F)ccc2O)c1. The van der Waals surface area contributed by atoms with Gasteiger partial charge in [0.15, 0.2) is 0 Å². The topological polar surface area (TPSA) is 91.4 Å². The van der Waals surface area contributed by atoms with Crippen molar-refractivity contribution >= 4 is 11.6 Å². The molecule has 0 spiro atoms. The van der Waals surface area contributed by atoms with Crippen molar-refractivity contribution in [3.63, 3.8) is 0 Å². The van der Waals surface area contributed by atoms with Crippen molar-refractivity contribution in [2.24, 2.45) is 0 Å². The minimum Gasteiger partial charge on any atom is -0.508 e. The van der Waals surface area contributed by atoms with Crippen LogP contribution in [-0.2, 0) is 6.61 Å². The van der Waals surface area contributed by atoms with Crippen LogP contribution in [0.5, 0.6) is 11.5 Å². The van der Waals surface area contributed by atoms with Gasteiger partial charge in [-0.05, 0) is 48.9 Å². The van der Waals surface area contributed by atoms with E-state index in [1.54, 1.807) is 24.3 Å². The summed E-state index contributed by atoms with van der Waals surface area (Å²) < 4.78 is 19.0. The lowest BCUT2D eigenvalue weighted by Crippen LogP contribution is -2.15. The molecule has 0 unspecified atom stereocenters. The number of aromatic nitrogens is 1. The number of benzene rings is 2. The Morgan fingerprint density at radius 2 is 2.00 bits per heavy atom. The molecule has 2 aromatic carbocycles. The van der Waals surface area contributed by atoms with E-state index < -0.39 is 11.7 Å². The molecule has 27 heavy (non-hydrogen) atoms. The van der Waals surface area contributed by atoms with Gasteiger partial charge in [-0.2, -0.15) is 0 Å². The minimum absolute atomic E-state index is 0.0986. The van der Waals surface area contributed by atoms with Gasteiger partial charge in [0.05, 0.1) is 5.56 Å². The highest BCUT2D eigenvalue weighted by atomic mass is 19.1. The standard InChI is InChI=1S/C20H17FN2O4/c1-12-2-4-16(20(26)23-15-6-7-22-19(25)10-15)18(8-12)27-11-13-9-14(21)3-5-17(13)24/h2-10,24H,11H2,1H3,(H2,22,23,25,26). The number of carbonyl (C=O) groups is 1. The summed E-state index contributed by atoms with van der Waals surface area (Å²) in [6, 6.07) is 11.4. The van der Waals surface area contributed by atoms with E-state index in [9.17, 15) is 19.1 Å². The van der Waals surface area contributed by atoms with Gasteiger partial charge in [0, 0.05) is 23.5 Å². The summed E-state index contributed by atoms with van der Waals surface area (Å²) in [6.07, 6.45) is 1.43. The van der Waals surface area contributed by atoms with E-state index in [1.165, 1.54) is 24.4 Å². The van der Waals surface area contributed by atoms with E-state index in [4.69, 9.17) is 4.74 Å². The maximum Gasteiger partial charge on any atom is 0.259 e. The van der Waals surface area contributed by atoms with Crippen LogP contribution in [-0.4, -0.2) is 16.0 Å². The second-order valence-corrected chi connectivity index (χ2v) is 5.96. The Bertz CT molecular complexity index is 1050. The Hall–Kier alpha value is -3.61. The largest absolute Gasteiger partial charge is 0.508 e. The number of hydrogen-bond acceptors (Lipinski definition) is 4. The monoisotopic (exact) mass is 368 g/mol. The summed E-state index contributed by atoms with van der Waals surface area (Å²) in [4.78, 5) is 26.4. The first-order chi connectivity index (χ1) is 12.9. The fraction of sp³-hybridized carbons (Fsp3) is 0.100. The Kier molecular flexibility index (Phi) is 5.21. The number of nitrogens with one attached hydrogen (secondary N) is 2. The number of phenols is 1. The van der Waals surface area contributed by atoms with E-state index in [0.717, 1.165) is 11.6 Å². The van der Waals surface area contributed by atoms with Gasteiger partial charge in [-0.1, -0.05) is 6.07 Å². The van der Waals surface area contributed by atoms with Gasteiger partial charge in [0.25, 0.3) is 5.91 Å². The summed E-state index contributed by atoms with van der Waals surface area (Å²) in [5.41, 5.74) is 1.38. The molecule has 138 valence electrons. The molecule has 6 nitrogen and oxygen atoms in total. The minimum atomic E-state index is -0.497. The number of ether oxygens (including phenoxy) is 1. The molecule has 1 amide bonds. The number of carbonyl (C=O) groups excluding carboxylic acids is 1. The first-order valence-corrected chi connectivity index (χ1v) is 8.13. The van der Waals surface area contributed by atoms with Crippen LogP contribution in [0, 0.1) is 12.7 Å².